The lowest BCUT2D eigenvalue weighted by Gasteiger charge is -2.16. The minimum Gasteiger partial charge on any atom is -0.348 e. The fraction of sp³-hybridized carbons (Fsp3) is 1.00. The molecule has 0 aromatic carbocycles. The van der Waals surface area contributed by atoms with Gasteiger partial charge in [-0.05, 0) is 13.8 Å². The van der Waals surface area contributed by atoms with Crippen LogP contribution in [0.25, 0.3) is 0 Å². The lowest BCUT2D eigenvalue weighted by molar-refractivity contribution is -0.139. The molecule has 1 fully saturated rings. The van der Waals surface area contributed by atoms with Crippen LogP contribution >= 0.6 is 0 Å². The lowest BCUT2D eigenvalue weighted by Crippen LogP contribution is -2.28. The maximum atomic E-state index is 8.31. The number of hydrogen-bond donors (Lipinski definition) is 2. The van der Waals surface area contributed by atoms with E-state index in [1.165, 1.54) is 0 Å². The molecule has 1 atom stereocenters. The van der Waals surface area contributed by atoms with Crippen LogP contribution in [0.3, 0.4) is 0 Å². The largest absolute Gasteiger partial charge is 0.348 e. The fourth-order valence-corrected chi connectivity index (χ4v) is 0.965. The number of nitrogens with one attached hydrogen (secondary N) is 1. The molecule has 0 aromatic rings. The van der Waals surface area contributed by atoms with Gasteiger partial charge in [0.05, 0.1) is 12.7 Å². The van der Waals surface area contributed by atoms with Crippen molar-refractivity contribution in [1.82, 2.24) is 5.48 Å². The Morgan fingerprint density at radius 3 is 2.80 bits per heavy atom. The van der Waals surface area contributed by atoms with Crippen LogP contribution in [-0.4, -0.2) is 30.2 Å². The fourth-order valence-electron chi connectivity index (χ4n) is 0.965. The Labute approximate surface area is 60.1 Å². The standard InChI is InChI=1S/C6H13NO3/c1-6(2)9-4-5(10-6)3-7-8/h5,7-8H,3-4H2,1-2H3/t5-/m0/s1. The SMILES string of the molecule is CC1(C)OC[C@H](CNO)O1. The Morgan fingerprint density at radius 1 is 1.70 bits per heavy atom. The Balaban J connectivity index is 2.29. The maximum absolute atomic E-state index is 8.31. The Morgan fingerprint density at radius 2 is 2.40 bits per heavy atom. The monoisotopic (exact) mass is 147 g/mol. The van der Waals surface area contributed by atoms with Crippen molar-refractivity contribution >= 4 is 0 Å². The van der Waals surface area contributed by atoms with Gasteiger partial charge in [-0.1, -0.05) is 0 Å². The molecule has 1 heterocycles. The van der Waals surface area contributed by atoms with E-state index in [9.17, 15) is 0 Å². The van der Waals surface area contributed by atoms with Crippen LogP contribution in [0.2, 0.25) is 0 Å². The van der Waals surface area contributed by atoms with Gasteiger partial charge >= 0.3 is 0 Å². The van der Waals surface area contributed by atoms with Gasteiger partial charge in [-0.25, -0.2) is 5.48 Å². The molecule has 0 saturated carbocycles. The van der Waals surface area contributed by atoms with Crippen molar-refractivity contribution in [2.45, 2.75) is 25.7 Å². The molecule has 60 valence electrons. The Kier molecular flexibility index (Phi) is 2.25. The zero-order valence-electron chi connectivity index (χ0n) is 6.26. The zero-order chi connectivity index (χ0) is 7.61. The first-order chi connectivity index (χ1) is 4.64. The second-order valence-electron chi connectivity index (χ2n) is 2.81. The van der Waals surface area contributed by atoms with Gasteiger partial charge in [0.1, 0.15) is 0 Å². The molecule has 1 aliphatic rings. The highest BCUT2D eigenvalue weighted by atomic mass is 16.7. The number of ether oxygens (including phenoxy) is 2. The quantitative estimate of drug-likeness (QED) is 0.544. The third kappa shape index (κ3) is 1.91. The number of rotatable bonds is 2. The van der Waals surface area contributed by atoms with Crippen molar-refractivity contribution in [2.75, 3.05) is 13.2 Å². The van der Waals surface area contributed by atoms with Crippen molar-refractivity contribution in [3.8, 4) is 0 Å². The molecule has 0 amide bonds. The van der Waals surface area contributed by atoms with Gasteiger partial charge in [0, 0.05) is 6.54 Å². The van der Waals surface area contributed by atoms with Gasteiger partial charge in [0.25, 0.3) is 0 Å². The van der Waals surface area contributed by atoms with E-state index in [0.717, 1.165) is 0 Å². The first kappa shape index (κ1) is 7.94. The van der Waals surface area contributed by atoms with Crippen LogP contribution in [0.1, 0.15) is 13.8 Å². The van der Waals surface area contributed by atoms with Gasteiger partial charge in [-0.15, -0.1) is 0 Å². The van der Waals surface area contributed by atoms with E-state index in [1.807, 2.05) is 19.3 Å². The highest BCUT2D eigenvalue weighted by molar-refractivity contribution is 4.70. The van der Waals surface area contributed by atoms with E-state index in [0.29, 0.717) is 13.2 Å². The first-order valence-corrected chi connectivity index (χ1v) is 3.33. The summed E-state index contributed by atoms with van der Waals surface area (Å²) in [5, 5.41) is 8.31. The summed E-state index contributed by atoms with van der Waals surface area (Å²) < 4.78 is 10.6. The zero-order valence-corrected chi connectivity index (χ0v) is 6.26. The summed E-state index contributed by atoms with van der Waals surface area (Å²) in [5.41, 5.74) is 2.04. The Hall–Kier alpha value is -0.160. The van der Waals surface area contributed by atoms with Crippen LogP contribution in [0.5, 0.6) is 0 Å². The average molecular weight is 147 g/mol. The van der Waals surface area contributed by atoms with Crippen molar-refractivity contribution in [3.63, 3.8) is 0 Å². The van der Waals surface area contributed by atoms with E-state index >= 15 is 0 Å². The molecule has 0 unspecified atom stereocenters. The average Bonchev–Trinajstić information content (AvgIpc) is 2.12. The molecule has 0 aromatic heterocycles. The molecule has 0 bridgehead atoms. The molecular weight excluding hydrogens is 134 g/mol. The molecule has 0 radical (unpaired) electrons. The normalized spacial score (nSPS) is 30.9. The van der Waals surface area contributed by atoms with Crippen molar-refractivity contribution in [3.05, 3.63) is 0 Å². The van der Waals surface area contributed by atoms with Gasteiger partial charge in [-0.2, -0.15) is 0 Å². The topological polar surface area (TPSA) is 50.7 Å². The summed E-state index contributed by atoms with van der Waals surface area (Å²) in [6, 6.07) is 0. The van der Waals surface area contributed by atoms with Gasteiger partial charge in [0.15, 0.2) is 5.79 Å². The third-order valence-electron chi connectivity index (χ3n) is 1.39. The minimum atomic E-state index is -0.485. The Bertz CT molecular complexity index is 116. The lowest BCUT2D eigenvalue weighted by atomic mass is 10.4. The van der Waals surface area contributed by atoms with Gasteiger partial charge < -0.3 is 14.7 Å². The van der Waals surface area contributed by atoms with Crippen LogP contribution in [0, 0.1) is 0 Å². The van der Waals surface area contributed by atoms with E-state index in [1.54, 1.807) is 0 Å². The minimum absolute atomic E-state index is 0.0278. The van der Waals surface area contributed by atoms with E-state index in [-0.39, 0.29) is 6.10 Å². The van der Waals surface area contributed by atoms with Crippen LogP contribution < -0.4 is 5.48 Å². The highest BCUT2D eigenvalue weighted by Gasteiger charge is 2.31. The molecule has 1 rings (SSSR count). The van der Waals surface area contributed by atoms with E-state index in [2.05, 4.69) is 0 Å². The van der Waals surface area contributed by atoms with Crippen LogP contribution in [0.15, 0.2) is 0 Å². The van der Waals surface area contributed by atoms with Crippen molar-refractivity contribution in [2.24, 2.45) is 0 Å². The summed E-state index contributed by atoms with van der Waals surface area (Å²) in [5.74, 6) is -0.485. The molecule has 2 N–H and O–H groups in total. The highest BCUT2D eigenvalue weighted by Crippen LogP contribution is 2.21. The van der Waals surface area contributed by atoms with Crippen LogP contribution in [-0.2, 0) is 9.47 Å². The second-order valence-corrected chi connectivity index (χ2v) is 2.81. The third-order valence-corrected chi connectivity index (χ3v) is 1.39. The van der Waals surface area contributed by atoms with Gasteiger partial charge in [0.2, 0.25) is 0 Å². The molecule has 1 saturated heterocycles. The molecule has 0 spiro atoms. The number of hydrogen-bond acceptors (Lipinski definition) is 4. The number of hydroxylamine groups is 1. The summed E-state index contributed by atoms with van der Waals surface area (Å²) in [6.07, 6.45) is -0.0278. The smallest absolute Gasteiger partial charge is 0.163 e. The van der Waals surface area contributed by atoms with E-state index < -0.39 is 5.79 Å². The predicted octanol–water partition coefficient (Wildman–Crippen LogP) is 0.117. The first-order valence-electron chi connectivity index (χ1n) is 3.33. The maximum Gasteiger partial charge on any atom is 0.163 e. The predicted molar refractivity (Wildman–Crippen MR) is 34.7 cm³/mol. The van der Waals surface area contributed by atoms with Crippen molar-refractivity contribution in [1.29, 1.82) is 0 Å². The molecule has 1 aliphatic heterocycles. The molecule has 0 aliphatic carbocycles. The summed E-state index contributed by atoms with van der Waals surface area (Å²) in [6.45, 7) is 4.67. The van der Waals surface area contributed by atoms with Gasteiger partial charge in [-0.3, -0.25) is 0 Å². The summed E-state index contributed by atoms with van der Waals surface area (Å²) in [7, 11) is 0. The second kappa shape index (κ2) is 2.84. The summed E-state index contributed by atoms with van der Waals surface area (Å²) in [4.78, 5) is 0. The van der Waals surface area contributed by atoms with E-state index in [4.69, 9.17) is 14.7 Å². The molecule has 4 heteroatoms. The van der Waals surface area contributed by atoms with Crippen molar-refractivity contribution < 1.29 is 14.7 Å². The molecule has 4 nitrogen and oxygen atoms in total. The van der Waals surface area contributed by atoms with Crippen LogP contribution in [0.4, 0.5) is 0 Å². The molecular formula is C6H13NO3. The molecule has 10 heavy (non-hydrogen) atoms. The summed E-state index contributed by atoms with van der Waals surface area (Å²) >= 11 is 0.